The third-order valence-corrected chi connectivity index (χ3v) is 4.74. The number of nitrogens with one attached hydrogen (secondary N) is 2. The molecule has 1 aromatic heterocycles. The van der Waals surface area contributed by atoms with Crippen LogP contribution in [0.2, 0.25) is 0 Å². The Kier molecular flexibility index (Phi) is 5.26. The van der Waals surface area contributed by atoms with Gasteiger partial charge in [0, 0.05) is 23.4 Å². The highest BCUT2D eigenvalue weighted by atomic mass is 32.1. The Morgan fingerprint density at radius 3 is 2.44 bits per heavy atom. The molecular formula is C20H18N2O2S. The van der Waals surface area contributed by atoms with Gasteiger partial charge in [0.2, 0.25) is 5.91 Å². The van der Waals surface area contributed by atoms with Crippen LogP contribution in [0, 0.1) is 0 Å². The highest BCUT2D eigenvalue weighted by molar-refractivity contribution is 7.17. The minimum atomic E-state index is -0.218. The SMILES string of the molecule is C=CC(=O)NCc1ccc(C(=O)NCc2ccc3sccc3c2)cc1. The Balaban J connectivity index is 1.57. The number of thiophene rings is 1. The Labute approximate surface area is 150 Å². The van der Waals surface area contributed by atoms with Crippen molar-refractivity contribution >= 4 is 33.2 Å². The fraction of sp³-hybridized carbons (Fsp3) is 0.100. The first-order chi connectivity index (χ1) is 12.2. The molecule has 0 fully saturated rings. The molecule has 5 heteroatoms. The molecule has 2 amide bonds. The van der Waals surface area contributed by atoms with E-state index in [1.54, 1.807) is 23.5 Å². The van der Waals surface area contributed by atoms with E-state index in [4.69, 9.17) is 0 Å². The van der Waals surface area contributed by atoms with E-state index in [1.807, 2.05) is 18.2 Å². The zero-order valence-electron chi connectivity index (χ0n) is 13.6. The quantitative estimate of drug-likeness (QED) is 0.667. The molecule has 0 saturated carbocycles. The molecule has 0 atom stereocenters. The van der Waals surface area contributed by atoms with E-state index in [0.29, 0.717) is 18.7 Å². The van der Waals surface area contributed by atoms with Gasteiger partial charge >= 0.3 is 0 Å². The zero-order chi connectivity index (χ0) is 17.6. The van der Waals surface area contributed by atoms with Crippen LogP contribution in [0.3, 0.4) is 0 Å². The fourth-order valence-corrected chi connectivity index (χ4v) is 3.22. The van der Waals surface area contributed by atoms with Crippen LogP contribution >= 0.6 is 11.3 Å². The Hall–Kier alpha value is -2.92. The summed E-state index contributed by atoms with van der Waals surface area (Å²) in [5, 5.41) is 8.89. The van der Waals surface area contributed by atoms with Gasteiger partial charge in [0.05, 0.1) is 0 Å². The van der Waals surface area contributed by atoms with Crippen molar-refractivity contribution in [2.75, 3.05) is 0 Å². The predicted octanol–water partition coefficient (Wildman–Crippen LogP) is 3.63. The lowest BCUT2D eigenvalue weighted by Crippen LogP contribution is -2.23. The monoisotopic (exact) mass is 350 g/mol. The molecule has 3 aromatic rings. The lowest BCUT2D eigenvalue weighted by molar-refractivity contribution is -0.116. The summed E-state index contributed by atoms with van der Waals surface area (Å²) in [7, 11) is 0. The molecule has 1 heterocycles. The molecule has 2 N–H and O–H groups in total. The number of hydrogen-bond acceptors (Lipinski definition) is 3. The van der Waals surface area contributed by atoms with E-state index in [9.17, 15) is 9.59 Å². The van der Waals surface area contributed by atoms with Crippen LogP contribution in [-0.2, 0) is 17.9 Å². The summed E-state index contributed by atoms with van der Waals surface area (Å²) in [6, 6.07) is 15.5. The molecule has 0 saturated heterocycles. The van der Waals surface area contributed by atoms with Crippen molar-refractivity contribution in [2.45, 2.75) is 13.1 Å². The highest BCUT2D eigenvalue weighted by Gasteiger charge is 2.06. The average molecular weight is 350 g/mol. The smallest absolute Gasteiger partial charge is 0.251 e. The number of carbonyl (C=O) groups excluding carboxylic acids is 2. The second kappa shape index (κ2) is 7.77. The number of benzene rings is 2. The molecule has 0 radical (unpaired) electrons. The van der Waals surface area contributed by atoms with Crippen molar-refractivity contribution in [1.29, 1.82) is 0 Å². The molecule has 0 unspecified atom stereocenters. The van der Waals surface area contributed by atoms with Gasteiger partial charge in [-0.15, -0.1) is 11.3 Å². The van der Waals surface area contributed by atoms with Crippen LogP contribution in [-0.4, -0.2) is 11.8 Å². The molecule has 0 aliphatic heterocycles. The molecule has 2 aromatic carbocycles. The van der Waals surface area contributed by atoms with Gasteiger partial charge in [-0.1, -0.05) is 24.8 Å². The number of fused-ring (bicyclic) bond motifs is 1. The molecule has 0 aliphatic carbocycles. The van der Waals surface area contributed by atoms with Crippen LogP contribution in [0.1, 0.15) is 21.5 Å². The van der Waals surface area contributed by atoms with E-state index in [1.165, 1.54) is 16.2 Å². The minimum absolute atomic E-state index is 0.118. The van der Waals surface area contributed by atoms with E-state index in [-0.39, 0.29) is 11.8 Å². The zero-order valence-corrected chi connectivity index (χ0v) is 14.4. The van der Waals surface area contributed by atoms with E-state index in [0.717, 1.165) is 11.1 Å². The van der Waals surface area contributed by atoms with Crippen molar-refractivity contribution in [3.63, 3.8) is 0 Å². The van der Waals surface area contributed by atoms with Crippen LogP contribution in [0.5, 0.6) is 0 Å². The Morgan fingerprint density at radius 1 is 0.960 bits per heavy atom. The lowest BCUT2D eigenvalue weighted by atomic mass is 10.1. The molecule has 4 nitrogen and oxygen atoms in total. The highest BCUT2D eigenvalue weighted by Crippen LogP contribution is 2.21. The average Bonchev–Trinajstić information content (AvgIpc) is 3.12. The van der Waals surface area contributed by atoms with Crippen molar-refractivity contribution in [3.05, 3.63) is 83.3 Å². The number of carbonyl (C=O) groups is 2. The Morgan fingerprint density at radius 2 is 1.68 bits per heavy atom. The Bertz CT molecular complexity index is 913. The third-order valence-electron chi connectivity index (χ3n) is 3.84. The summed E-state index contributed by atoms with van der Waals surface area (Å²) >= 11 is 1.71. The van der Waals surface area contributed by atoms with Crippen LogP contribution in [0.15, 0.2) is 66.6 Å². The number of amides is 2. The summed E-state index contributed by atoms with van der Waals surface area (Å²) in [6.07, 6.45) is 1.23. The first-order valence-electron chi connectivity index (χ1n) is 7.89. The topological polar surface area (TPSA) is 58.2 Å². The number of rotatable bonds is 6. The molecule has 3 rings (SSSR count). The molecule has 0 spiro atoms. The van der Waals surface area contributed by atoms with Crippen molar-refractivity contribution < 1.29 is 9.59 Å². The van der Waals surface area contributed by atoms with E-state index >= 15 is 0 Å². The van der Waals surface area contributed by atoms with Crippen molar-refractivity contribution in [3.8, 4) is 0 Å². The summed E-state index contributed by atoms with van der Waals surface area (Å²) in [5.74, 6) is -0.337. The van der Waals surface area contributed by atoms with Gasteiger partial charge in [-0.3, -0.25) is 9.59 Å². The molecular weight excluding hydrogens is 332 g/mol. The van der Waals surface area contributed by atoms with Crippen molar-refractivity contribution in [2.24, 2.45) is 0 Å². The summed E-state index contributed by atoms with van der Waals surface area (Å²) < 4.78 is 1.24. The normalized spacial score (nSPS) is 10.4. The molecule has 25 heavy (non-hydrogen) atoms. The molecule has 0 aliphatic rings. The maximum atomic E-state index is 12.3. The van der Waals surface area contributed by atoms with Gasteiger partial charge < -0.3 is 10.6 Å². The lowest BCUT2D eigenvalue weighted by Gasteiger charge is -2.07. The molecule has 0 bridgehead atoms. The summed E-state index contributed by atoms with van der Waals surface area (Å²) in [4.78, 5) is 23.4. The number of hydrogen-bond donors (Lipinski definition) is 2. The third kappa shape index (κ3) is 4.33. The van der Waals surface area contributed by atoms with Crippen molar-refractivity contribution in [1.82, 2.24) is 10.6 Å². The predicted molar refractivity (Wildman–Crippen MR) is 101 cm³/mol. The maximum absolute atomic E-state index is 12.3. The van der Waals surface area contributed by atoms with Crippen LogP contribution in [0.25, 0.3) is 10.1 Å². The van der Waals surface area contributed by atoms with Gasteiger partial charge in [-0.25, -0.2) is 0 Å². The fourth-order valence-electron chi connectivity index (χ4n) is 2.45. The van der Waals surface area contributed by atoms with Gasteiger partial charge in [-0.2, -0.15) is 0 Å². The second-order valence-corrected chi connectivity index (χ2v) is 6.54. The van der Waals surface area contributed by atoms with E-state index < -0.39 is 0 Å². The van der Waals surface area contributed by atoms with Gasteiger partial charge in [0.15, 0.2) is 0 Å². The first-order valence-corrected chi connectivity index (χ1v) is 8.77. The summed E-state index contributed by atoms with van der Waals surface area (Å²) in [5.41, 5.74) is 2.59. The largest absolute Gasteiger partial charge is 0.348 e. The van der Waals surface area contributed by atoms with Crippen LogP contribution < -0.4 is 10.6 Å². The van der Waals surface area contributed by atoms with Gasteiger partial charge in [0.25, 0.3) is 5.91 Å². The van der Waals surface area contributed by atoms with Gasteiger partial charge in [0.1, 0.15) is 0 Å². The molecule has 126 valence electrons. The minimum Gasteiger partial charge on any atom is -0.348 e. The van der Waals surface area contributed by atoms with Crippen LogP contribution in [0.4, 0.5) is 0 Å². The summed E-state index contributed by atoms with van der Waals surface area (Å²) in [6.45, 7) is 4.30. The first kappa shape index (κ1) is 16.9. The standard InChI is InChI=1S/C20H18N2O2S/c1-2-19(23)21-12-14-3-6-16(7-4-14)20(24)22-13-15-5-8-18-17(11-15)9-10-25-18/h2-11H,1,12-13H2,(H,21,23)(H,22,24). The second-order valence-electron chi connectivity index (χ2n) is 5.59. The van der Waals surface area contributed by atoms with E-state index in [2.05, 4.69) is 40.8 Å². The maximum Gasteiger partial charge on any atom is 0.251 e. The van der Waals surface area contributed by atoms with Gasteiger partial charge in [-0.05, 0) is 58.3 Å².